The molecule has 2 aliphatic heterocycles. The predicted octanol–water partition coefficient (Wildman–Crippen LogP) is 4.38. The lowest BCUT2D eigenvalue weighted by Crippen LogP contribution is -2.44. The number of hydrogen-bond acceptors (Lipinski definition) is 4. The Morgan fingerprint density at radius 1 is 1.10 bits per heavy atom. The van der Waals surface area contributed by atoms with Crippen molar-refractivity contribution in [1.29, 1.82) is 0 Å². The second-order valence-electron chi connectivity index (χ2n) is 8.54. The van der Waals surface area contributed by atoms with Gasteiger partial charge in [-0.2, -0.15) is 0 Å². The third-order valence-electron chi connectivity index (χ3n) is 6.56. The van der Waals surface area contributed by atoms with E-state index < -0.39 is 0 Å². The van der Waals surface area contributed by atoms with Crippen LogP contribution in [-0.4, -0.2) is 44.3 Å². The molecular weight excluding hydrogens is 360 g/mol. The van der Waals surface area contributed by atoms with Gasteiger partial charge in [-0.05, 0) is 87.2 Å². The van der Waals surface area contributed by atoms with Crippen molar-refractivity contribution >= 4 is 0 Å². The summed E-state index contributed by atoms with van der Waals surface area (Å²) in [6, 6.07) is 16.1. The lowest BCUT2D eigenvalue weighted by molar-refractivity contribution is 0.152. The maximum atomic E-state index is 6.21. The van der Waals surface area contributed by atoms with Crippen LogP contribution in [0.5, 0.6) is 11.5 Å². The largest absolute Gasteiger partial charge is 0.497 e. The molecule has 0 amide bonds. The Morgan fingerprint density at radius 3 is 2.62 bits per heavy atom. The summed E-state index contributed by atoms with van der Waals surface area (Å²) >= 11 is 0. The van der Waals surface area contributed by atoms with E-state index in [1.807, 2.05) is 0 Å². The highest BCUT2D eigenvalue weighted by molar-refractivity contribution is 5.40. The van der Waals surface area contributed by atoms with Crippen molar-refractivity contribution in [3.63, 3.8) is 0 Å². The maximum Gasteiger partial charge on any atom is 0.119 e. The van der Waals surface area contributed by atoms with Crippen LogP contribution in [0.4, 0.5) is 0 Å². The summed E-state index contributed by atoms with van der Waals surface area (Å²) in [4.78, 5) is 2.47. The average molecular weight is 395 g/mol. The van der Waals surface area contributed by atoms with E-state index in [-0.39, 0.29) is 6.10 Å². The molecule has 4 heteroatoms. The van der Waals surface area contributed by atoms with Crippen molar-refractivity contribution in [3.05, 3.63) is 59.2 Å². The first-order chi connectivity index (χ1) is 14.1. The number of hydrogen-bond donors (Lipinski definition) is 1. The van der Waals surface area contributed by atoms with Crippen molar-refractivity contribution < 1.29 is 9.47 Å². The van der Waals surface area contributed by atoms with E-state index in [9.17, 15) is 0 Å². The van der Waals surface area contributed by atoms with Crippen molar-refractivity contribution in [2.75, 3.05) is 27.2 Å². The van der Waals surface area contributed by atoms with Crippen LogP contribution in [0.15, 0.2) is 42.5 Å². The van der Waals surface area contributed by atoms with Crippen LogP contribution >= 0.6 is 0 Å². The Morgan fingerprint density at radius 2 is 1.90 bits per heavy atom. The molecule has 4 nitrogen and oxygen atoms in total. The summed E-state index contributed by atoms with van der Waals surface area (Å²) in [5.41, 5.74) is 4.19. The van der Waals surface area contributed by atoms with Gasteiger partial charge in [0.25, 0.3) is 0 Å². The van der Waals surface area contributed by atoms with Crippen LogP contribution in [0.2, 0.25) is 0 Å². The van der Waals surface area contributed by atoms with Gasteiger partial charge in [-0.3, -0.25) is 4.90 Å². The fraction of sp³-hybridized carbons (Fsp3) is 0.520. The van der Waals surface area contributed by atoms with Gasteiger partial charge < -0.3 is 14.8 Å². The number of nitrogens with one attached hydrogen (secondary N) is 1. The van der Waals surface area contributed by atoms with Gasteiger partial charge >= 0.3 is 0 Å². The van der Waals surface area contributed by atoms with Crippen LogP contribution < -0.4 is 14.8 Å². The molecule has 0 bridgehead atoms. The summed E-state index contributed by atoms with van der Waals surface area (Å²) in [6.45, 7) is 4.37. The second-order valence-corrected chi connectivity index (χ2v) is 8.54. The lowest BCUT2D eigenvalue weighted by atomic mass is 9.89. The van der Waals surface area contributed by atoms with Crippen molar-refractivity contribution in [2.24, 2.45) is 0 Å². The second kappa shape index (κ2) is 9.19. The van der Waals surface area contributed by atoms with Gasteiger partial charge in [0.15, 0.2) is 0 Å². The van der Waals surface area contributed by atoms with E-state index in [1.54, 1.807) is 7.11 Å². The Labute approximate surface area is 175 Å². The van der Waals surface area contributed by atoms with E-state index in [0.717, 1.165) is 37.4 Å². The normalized spacial score (nSPS) is 23.3. The highest BCUT2D eigenvalue weighted by Crippen LogP contribution is 2.33. The number of rotatable bonds is 6. The summed E-state index contributed by atoms with van der Waals surface area (Å²) < 4.78 is 11.6. The molecule has 2 aromatic rings. The SMILES string of the molecule is COc1ccc2c(c1)CCN(C)C2Cc1ccc(OC(C)C2CCCCN2)cc1. The minimum Gasteiger partial charge on any atom is -0.497 e. The third kappa shape index (κ3) is 4.76. The molecule has 4 rings (SSSR count). The summed E-state index contributed by atoms with van der Waals surface area (Å²) in [6.07, 6.45) is 6.08. The van der Waals surface area contributed by atoms with Gasteiger partial charge in [0.1, 0.15) is 17.6 Å². The van der Waals surface area contributed by atoms with Crippen LogP contribution in [0.3, 0.4) is 0 Å². The van der Waals surface area contributed by atoms with E-state index in [1.165, 1.54) is 36.0 Å². The van der Waals surface area contributed by atoms with Crippen molar-refractivity contribution in [2.45, 2.75) is 57.2 Å². The summed E-state index contributed by atoms with van der Waals surface area (Å²) in [5.74, 6) is 1.92. The Kier molecular flexibility index (Phi) is 6.41. The van der Waals surface area contributed by atoms with Crippen LogP contribution in [0.1, 0.15) is 48.9 Å². The predicted molar refractivity (Wildman–Crippen MR) is 118 cm³/mol. The molecule has 0 spiro atoms. The first-order valence-corrected chi connectivity index (χ1v) is 11.0. The van der Waals surface area contributed by atoms with Gasteiger partial charge in [-0.25, -0.2) is 0 Å². The zero-order valence-electron chi connectivity index (χ0n) is 18.0. The molecule has 156 valence electrons. The number of methoxy groups -OCH3 is 1. The molecule has 1 fully saturated rings. The highest BCUT2D eigenvalue weighted by Gasteiger charge is 2.25. The summed E-state index contributed by atoms with van der Waals surface area (Å²) in [5, 5.41) is 3.59. The van der Waals surface area contributed by atoms with Crippen LogP contribution in [-0.2, 0) is 12.8 Å². The van der Waals surface area contributed by atoms with Crippen molar-refractivity contribution in [3.8, 4) is 11.5 Å². The van der Waals surface area contributed by atoms with Gasteiger partial charge in [-0.1, -0.05) is 24.6 Å². The zero-order valence-corrected chi connectivity index (χ0v) is 18.0. The quantitative estimate of drug-likeness (QED) is 0.789. The van der Waals surface area contributed by atoms with Gasteiger partial charge in [0.2, 0.25) is 0 Å². The molecule has 0 aromatic heterocycles. The average Bonchev–Trinajstić information content (AvgIpc) is 2.77. The van der Waals surface area contributed by atoms with Crippen LogP contribution in [0.25, 0.3) is 0 Å². The first kappa shape index (κ1) is 20.2. The van der Waals surface area contributed by atoms with E-state index in [0.29, 0.717) is 12.1 Å². The molecule has 29 heavy (non-hydrogen) atoms. The third-order valence-corrected chi connectivity index (χ3v) is 6.56. The van der Waals surface area contributed by atoms with Crippen LogP contribution in [0, 0.1) is 0 Å². The fourth-order valence-corrected chi connectivity index (χ4v) is 4.71. The maximum absolute atomic E-state index is 6.21. The molecule has 1 N–H and O–H groups in total. The minimum atomic E-state index is 0.201. The molecule has 2 heterocycles. The molecule has 2 aliphatic rings. The topological polar surface area (TPSA) is 33.7 Å². The highest BCUT2D eigenvalue weighted by atomic mass is 16.5. The van der Waals surface area contributed by atoms with Gasteiger partial charge in [0.05, 0.1) is 7.11 Å². The molecule has 2 aromatic carbocycles. The van der Waals surface area contributed by atoms with Crippen molar-refractivity contribution in [1.82, 2.24) is 10.2 Å². The number of piperidine rings is 1. The molecule has 1 saturated heterocycles. The Hall–Kier alpha value is -2.04. The molecule has 3 atom stereocenters. The number of fused-ring (bicyclic) bond motifs is 1. The minimum absolute atomic E-state index is 0.201. The number of benzene rings is 2. The molecule has 0 saturated carbocycles. The lowest BCUT2D eigenvalue weighted by Gasteiger charge is -2.35. The number of likely N-dealkylation sites (N-methyl/N-ethyl adjacent to an activating group) is 1. The summed E-state index contributed by atoms with van der Waals surface area (Å²) in [7, 11) is 3.97. The Bertz CT molecular complexity index is 799. The molecule has 0 radical (unpaired) electrons. The van der Waals surface area contributed by atoms with E-state index >= 15 is 0 Å². The van der Waals surface area contributed by atoms with E-state index in [4.69, 9.17) is 9.47 Å². The molecular formula is C25H34N2O2. The number of ether oxygens (including phenoxy) is 2. The smallest absolute Gasteiger partial charge is 0.119 e. The van der Waals surface area contributed by atoms with Gasteiger partial charge in [0, 0.05) is 18.6 Å². The molecule has 0 aliphatic carbocycles. The number of nitrogens with zero attached hydrogens (tertiary/aromatic N) is 1. The first-order valence-electron chi connectivity index (χ1n) is 11.0. The standard InChI is InChI=1S/C25H34N2O2/c1-18(24-6-4-5-14-26-24)29-21-9-7-19(8-10-21)16-25-23-12-11-22(28-3)17-20(23)13-15-27(25)2/h7-12,17-18,24-26H,4-6,13-16H2,1-3H3. The van der Waals surface area contributed by atoms with Gasteiger partial charge in [-0.15, -0.1) is 0 Å². The Balaban J connectivity index is 1.42. The van der Waals surface area contributed by atoms with E-state index in [2.05, 4.69) is 66.7 Å². The molecule has 3 unspecified atom stereocenters. The fourth-order valence-electron chi connectivity index (χ4n) is 4.71. The zero-order chi connectivity index (χ0) is 20.2. The monoisotopic (exact) mass is 394 g/mol.